The highest BCUT2D eigenvalue weighted by Crippen LogP contribution is 2.35. The highest BCUT2D eigenvalue weighted by atomic mass is 127. The minimum Gasteiger partial charge on any atom is -0.493 e. The molecule has 0 fully saturated rings. The van der Waals surface area contributed by atoms with Gasteiger partial charge in [0.15, 0.2) is 11.5 Å². The lowest BCUT2D eigenvalue weighted by Crippen LogP contribution is -2.01. The van der Waals surface area contributed by atoms with Crippen molar-refractivity contribution in [2.24, 2.45) is 0 Å². The Morgan fingerprint density at radius 2 is 1.95 bits per heavy atom. The van der Waals surface area contributed by atoms with Crippen molar-refractivity contribution < 1.29 is 14.6 Å². The summed E-state index contributed by atoms with van der Waals surface area (Å²) >= 11 is 14.1. The van der Waals surface area contributed by atoms with Gasteiger partial charge in [-0.05, 0) is 52.4 Å². The van der Waals surface area contributed by atoms with Crippen LogP contribution in [0.15, 0.2) is 30.3 Å². The van der Waals surface area contributed by atoms with Gasteiger partial charge in [0.25, 0.3) is 0 Å². The molecular formula is C15H13Cl2IO3. The van der Waals surface area contributed by atoms with E-state index in [0.29, 0.717) is 28.2 Å². The Kier molecular flexibility index (Phi) is 5.98. The van der Waals surface area contributed by atoms with Crippen LogP contribution in [0.25, 0.3) is 0 Å². The Hall–Kier alpha value is -0.690. The van der Waals surface area contributed by atoms with Crippen LogP contribution in [-0.2, 0) is 13.2 Å². The van der Waals surface area contributed by atoms with Crippen LogP contribution in [0, 0.1) is 3.57 Å². The molecule has 21 heavy (non-hydrogen) atoms. The third-order valence-corrected chi connectivity index (χ3v) is 4.25. The number of methoxy groups -OCH3 is 1. The summed E-state index contributed by atoms with van der Waals surface area (Å²) in [5, 5.41) is 10.4. The Morgan fingerprint density at radius 1 is 1.19 bits per heavy atom. The molecule has 3 nitrogen and oxygen atoms in total. The topological polar surface area (TPSA) is 38.7 Å². The number of halogens is 3. The van der Waals surface area contributed by atoms with Gasteiger partial charge in [-0.25, -0.2) is 0 Å². The van der Waals surface area contributed by atoms with Crippen molar-refractivity contribution in [3.63, 3.8) is 0 Å². The van der Waals surface area contributed by atoms with Crippen LogP contribution < -0.4 is 9.47 Å². The molecule has 0 saturated heterocycles. The Labute approximate surface area is 146 Å². The van der Waals surface area contributed by atoms with Gasteiger partial charge in [-0.15, -0.1) is 0 Å². The van der Waals surface area contributed by atoms with E-state index in [9.17, 15) is 5.11 Å². The fourth-order valence-electron chi connectivity index (χ4n) is 1.79. The standard InChI is InChI=1S/C15H13Cl2IO3/c1-20-14-5-9(7-19)4-13(18)15(14)21-8-10-2-3-11(16)6-12(10)17/h2-6,19H,7-8H2,1H3. The van der Waals surface area contributed by atoms with Gasteiger partial charge in [-0.3, -0.25) is 0 Å². The van der Waals surface area contributed by atoms with Crippen molar-refractivity contribution in [2.45, 2.75) is 13.2 Å². The lowest BCUT2D eigenvalue weighted by atomic mass is 10.2. The molecule has 0 atom stereocenters. The molecule has 0 amide bonds. The number of benzene rings is 2. The van der Waals surface area contributed by atoms with Crippen LogP contribution in [0.1, 0.15) is 11.1 Å². The molecule has 0 radical (unpaired) electrons. The zero-order chi connectivity index (χ0) is 15.4. The fourth-order valence-corrected chi connectivity index (χ4v) is 3.08. The smallest absolute Gasteiger partial charge is 0.174 e. The van der Waals surface area contributed by atoms with Crippen molar-refractivity contribution >= 4 is 45.8 Å². The minimum absolute atomic E-state index is 0.0460. The van der Waals surface area contributed by atoms with E-state index in [1.807, 2.05) is 12.1 Å². The first-order valence-corrected chi connectivity index (χ1v) is 7.92. The predicted octanol–water partition coefficient (Wildman–Crippen LogP) is 4.68. The molecule has 0 heterocycles. The van der Waals surface area contributed by atoms with Gasteiger partial charge in [0.2, 0.25) is 0 Å². The Morgan fingerprint density at radius 3 is 2.57 bits per heavy atom. The van der Waals surface area contributed by atoms with Crippen LogP contribution in [0.2, 0.25) is 10.0 Å². The second-order valence-electron chi connectivity index (χ2n) is 4.29. The van der Waals surface area contributed by atoms with Gasteiger partial charge in [0.1, 0.15) is 6.61 Å². The first kappa shape index (κ1) is 16.7. The molecule has 6 heteroatoms. The van der Waals surface area contributed by atoms with E-state index >= 15 is 0 Å². The fraction of sp³-hybridized carbons (Fsp3) is 0.200. The van der Waals surface area contributed by atoms with Crippen molar-refractivity contribution in [3.05, 3.63) is 55.1 Å². The normalized spacial score (nSPS) is 10.5. The molecular weight excluding hydrogens is 426 g/mol. The van der Waals surface area contributed by atoms with Crippen LogP contribution in [0.5, 0.6) is 11.5 Å². The maximum atomic E-state index is 9.21. The van der Waals surface area contributed by atoms with E-state index in [1.165, 1.54) is 0 Å². The van der Waals surface area contributed by atoms with Gasteiger partial charge >= 0.3 is 0 Å². The van der Waals surface area contributed by atoms with E-state index in [1.54, 1.807) is 25.3 Å². The monoisotopic (exact) mass is 438 g/mol. The number of aliphatic hydroxyl groups is 1. The molecule has 2 aromatic carbocycles. The maximum Gasteiger partial charge on any atom is 0.174 e. The molecule has 2 rings (SSSR count). The van der Waals surface area contributed by atoms with Gasteiger partial charge in [0.05, 0.1) is 17.3 Å². The lowest BCUT2D eigenvalue weighted by molar-refractivity contribution is 0.273. The second-order valence-corrected chi connectivity index (χ2v) is 6.30. The van der Waals surface area contributed by atoms with Gasteiger partial charge < -0.3 is 14.6 Å². The summed E-state index contributed by atoms with van der Waals surface area (Å²) in [7, 11) is 1.56. The number of hydrogen-bond acceptors (Lipinski definition) is 3. The average Bonchev–Trinajstić information content (AvgIpc) is 2.46. The molecule has 0 spiro atoms. The SMILES string of the molecule is COc1cc(CO)cc(I)c1OCc1ccc(Cl)cc1Cl. The molecule has 0 bridgehead atoms. The third-order valence-electron chi connectivity index (χ3n) is 2.86. The first-order chi connectivity index (χ1) is 10.0. The van der Waals surface area contributed by atoms with Crippen molar-refractivity contribution in [2.75, 3.05) is 7.11 Å². The summed E-state index contributed by atoms with van der Waals surface area (Å²) in [4.78, 5) is 0. The molecule has 0 aromatic heterocycles. The highest BCUT2D eigenvalue weighted by Gasteiger charge is 2.12. The van der Waals surface area contributed by atoms with Crippen LogP contribution in [0.3, 0.4) is 0 Å². The molecule has 0 aliphatic rings. The molecule has 0 saturated carbocycles. The zero-order valence-electron chi connectivity index (χ0n) is 11.2. The molecule has 1 N–H and O–H groups in total. The minimum atomic E-state index is -0.0460. The Bertz CT molecular complexity index is 647. The van der Waals surface area contributed by atoms with E-state index < -0.39 is 0 Å². The largest absolute Gasteiger partial charge is 0.493 e. The van der Waals surface area contributed by atoms with Gasteiger partial charge in [0, 0.05) is 15.6 Å². The third kappa shape index (κ3) is 4.16. The van der Waals surface area contributed by atoms with Crippen molar-refractivity contribution in [1.29, 1.82) is 0 Å². The second kappa shape index (κ2) is 7.54. The average molecular weight is 439 g/mol. The highest BCUT2D eigenvalue weighted by molar-refractivity contribution is 14.1. The van der Waals surface area contributed by atoms with Crippen molar-refractivity contribution in [3.8, 4) is 11.5 Å². The van der Waals surface area contributed by atoms with Crippen LogP contribution in [0.4, 0.5) is 0 Å². The zero-order valence-corrected chi connectivity index (χ0v) is 14.9. The van der Waals surface area contributed by atoms with E-state index in [-0.39, 0.29) is 6.61 Å². The number of aliphatic hydroxyl groups excluding tert-OH is 1. The van der Waals surface area contributed by atoms with Gasteiger partial charge in [-0.1, -0.05) is 29.3 Å². The number of rotatable bonds is 5. The maximum absolute atomic E-state index is 9.21. The number of ether oxygens (including phenoxy) is 2. The molecule has 0 aliphatic carbocycles. The molecule has 2 aromatic rings. The summed E-state index contributed by atoms with van der Waals surface area (Å²) < 4.78 is 12.0. The Balaban J connectivity index is 2.23. The summed E-state index contributed by atoms with van der Waals surface area (Å²) in [6, 6.07) is 8.87. The van der Waals surface area contributed by atoms with E-state index in [0.717, 1.165) is 14.7 Å². The van der Waals surface area contributed by atoms with Crippen LogP contribution >= 0.6 is 45.8 Å². The number of hydrogen-bond donors (Lipinski definition) is 1. The van der Waals surface area contributed by atoms with Crippen molar-refractivity contribution in [1.82, 2.24) is 0 Å². The lowest BCUT2D eigenvalue weighted by Gasteiger charge is -2.14. The first-order valence-electron chi connectivity index (χ1n) is 6.09. The summed E-state index contributed by atoms with van der Waals surface area (Å²) in [6.45, 7) is 0.260. The summed E-state index contributed by atoms with van der Waals surface area (Å²) in [5.41, 5.74) is 1.61. The quantitative estimate of drug-likeness (QED) is 0.689. The molecule has 112 valence electrons. The van der Waals surface area contributed by atoms with E-state index in [2.05, 4.69) is 22.6 Å². The van der Waals surface area contributed by atoms with Gasteiger partial charge in [-0.2, -0.15) is 0 Å². The summed E-state index contributed by atoms with van der Waals surface area (Å²) in [6.07, 6.45) is 0. The predicted molar refractivity (Wildman–Crippen MR) is 92.4 cm³/mol. The van der Waals surface area contributed by atoms with Crippen LogP contribution in [-0.4, -0.2) is 12.2 Å². The molecule has 0 unspecified atom stereocenters. The summed E-state index contributed by atoms with van der Waals surface area (Å²) in [5.74, 6) is 1.21. The van der Waals surface area contributed by atoms with E-state index in [4.69, 9.17) is 32.7 Å². The molecule has 0 aliphatic heterocycles.